The van der Waals surface area contributed by atoms with Crippen molar-refractivity contribution in [2.75, 3.05) is 58.5 Å². The summed E-state index contributed by atoms with van der Waals surface area (Å²) in [5.41, 5.74) is 0.634. The van der Waals surface area contributed by atoms with Gasteiger partial charge in [0.25, 0.3) is 0 Å². The quantitative estimate of drug-likeness (QED) is 0.649. The van der Waals surface area contributed by atoms with Gasteiger partial charge in [-0.3, -0.25) is 4.90 Å². The van der Waals surface area contributed by atoms with Crippen molar-refractivity contribution in [2.24, 2.45) is 0 Å². The van der Waals surface area contributed by atoms with Gasteiger partial charge in [0.05, 0.1) is 19.9 Å². The summed E-state index contributed by atoms with van der Waals surface area (Å²) in [5.74, 6) is 1.40. The van der Waals surface area contributed by atoms with Crippen LogP contribution in [0.15, 0.2) is 42.5 Å². The van der Waals surface area contributed by atoms with E-state index in [0.717, 1.165) is 26.2 Å². The second-order valence-corrected chi connectivity index (χ2v) is 6.70. The van der Waals surface area contributed by atoms with Crippen molar-refractivity contribution in [3.05, 3.63) is 48.3 Å². The Morgan fingerprint density at radius 2 is 1.53 bits per heavy atom. The summed E-state index contributed by atoms with van der Waals surface area (Å²) in [6.07, 6.45) is -0.658. The first kappa shape index (κ1) is 26.1. The second kappa shape index (κ2) is 12.7. The van der Waals surface area contributed by atoms with Crippen molar-refractivity contribution in [3.63, 3.8) is 0 Å². The van der Waals surface area contributed by atoms with Crippen LogP contribution in [-0.4, -0.2) is 69.7 Å². The van der Waals surface area contributed by atoms with E-state index in [4.69, 9.17) is 14.2 Å². The normalized spacial score (nSPS) is 14.9. The summed E-state index contributed by atoms with van der Waals surface area (Å²) >= 11 is 0. The highest BCUT2D eigenvalue weighted by Gasteiger charge is 2.22. The predicted octanol–water partition coefficient (Wildman–Crippen LogP) is 3.25. The monoisotopic (exact) mass is 462 g/mol. The predicted molar refractivity (Wildman–Crippen MR) is 121 cm³/mol. The maximum atomic E-state index is 13.9. The molecule has 2 aromatic rings. The number of rotatable bonds is 8. The Bertz CT molecular complexity index is 754. The number of halogens is 3. The largest absolute Gasteiger partial charge is 0.493 e. The number of hydrogen-bond donors (Lipinski definition) is 1. The van der Waals surface area contributed by atoms with Gasteiger partial charge in [-0.15, -0.1) is 24.8 Å². The first-order valence-electron chi connectivity index (χ1n) is 9.36. The molecule has 30 heavy (non-hydrogen) atoms. The fraction of sp³-hybridized carbons (Fsp3) is 0.429. The molecule has 0 aromatic heterocycles. The van der Waals surface area contributed by atoms with Crippen LogP contribution in [0.3, 0.4) is 0 Å². The Balaban J connectivity index is 0.00000225. The number of methoxy groups -OCH3 is 2. The van der Waals surface area contributed by atoms with E-state index in [1.165, 1.54) is 6.07 Å². The van der Waals surface area contributed by atoms with Gasteiger partial charge < -0.3 is 24.2 Å². The molecule has 6 nitrogen and oxygen atoms in total. The molecule has 3 rings (SSSR count). The van der Waals surface area contributed by atoms with Gasteiger partial charge in [0, 0.05) is 32.7 Å². The van der Waals surface area contributed by atoms with E-state index in [2.05, 4.69) is 4.90 Å². The van der Waals surface area contributed by atoms with Crippen LogP contribution < -0.4 is 19.1 Å². The summed E-state index contributed by atoms with van der Waals surface area (Å²) in [7, 11) is 3.13. The molecule has 1 heterocycles. The number of hydrogen-bond acceptors (Lipinski definition) is 6. The number of anilines is 1. The van der Waals surface area contributed by atoms with Gasteiger partial charge >= 0.3 is 0 Å². The maximum Gasteiger partial charge on any atom is 0.203 e. The van der Waals surface area contributed by atoms with Crippen molar-refractivity contribution < 1.29 is 23.7 Å². The van der Waals surface area contributed by atoms with Crippen LogP contribution >= 0.6 is 24.8 Å². The van der Waals surface area contributed by atoms with E-state index in [0.29, 0.717) is 29.5 Å². The Morgan fingerprint density at radius 3 is 2.10 bits per heavy atom. The van der Waals surface area contributed by atoms with Crippen LogP contribution in [0.5, 0.6) is 17.2 Å². The summed E-state index contributed by atoms with van der Waals surface area (Å²) in [4.78, 5) is 4.19. The second-order valence-electron chi connectivity index (χ2n) is 6.70. The van der Waals surface area contributed by atoms with E-state index in [1.54, 1.807) is 38.5 Å². The molecule has 1 aliphatic rings. The number of benzene rings is 2. The van der Waals surface area contributed by atoms with Gasteiger partial charge in [0.1, 0.15) is 18.5 Å². The molecule has 2 aromatic carbocycles. The molecule has 1 atom stereocenters. The van der Waals surface area contributed by atoms with E-state index in [9.17, 15) is 9.50 Å². The number of piperazine rings is 1. The summed E-state index contributed by atoms with van der Waals surface area (Å²) < 4.78 is 30.3. The van der Waals surface area contributed by atoms with Gasteiger partial charge in [-0.25, -0.2) is 4.39 Å². The topological polar surface area (TPSA) is 54.4 Å². The molecule has 0 spiro atoms. The Kier molecular flexibility index (Phi) is 11.0. The smallest absolute Gasteiger partial charge is 0.203 e. The lowest BCUT2D eigenvalue weighted by Crippen LogP contribution is -2.49. The fourth-order valence-electron chi connectivity index (χ4n) is 3.37. The zero-order valence-corrected chi connectivity index (χ0v) is 18.8. The molecule has 1 saturated heterocycles. The number of β-amino-alcohol motifs (C(OH)–C–C–N with tert-alkyl or cyclic N) is 1. The number of aliphatic hydroxyl groups is 1. The van der Waals surface area contributed by atoms with E-state index < -0.39 is 6.10 Å². The molecular formula is C21H29Cl2FN2O4. The van der Waals surface area contributed by atoms with Gasteiger partial charge in [0.2, 0.25) is 5.75 Å². The molecule has 1 fully saturated rings. The van der Waals surface area contributed by atoms with Crippen LogP contribution in [0, 0.1) is 5.82 Å². The number of ether oxygens (including phenoxy) is 3. The molecule has 0 amide bonds. The molecule has 168 valence electrons. The highest BCUT2D eigenvalue weighted by atomic mass is 35.5. The average molecular weight is 463 g/mol. The molecule has 0 saturated carbocycles. The SMILES string of the molecule is COc1cccc(OC)c1OCC(O)CN1CCN(c2ccccc2F)CC1.Cl.Cl. The third kappa shape index (κ3) is 6.54. The third-order valence-electron chi connectivity index (χ3n) is 4.84. The van der Waals surface area contributed by atoms with Gasteiger partial charge in [0.15, 0.2) is 11.5 Å². The number of para-hydroxylation sites is 2. The first-order chi connectivity index (χ1) is 13.6. The molecular weight excluding hydrogens is 434 g/mol. The summed E-state index contributed by atoms with van der Waals surface area (Å²) in [6, 6.07) is 12.2. The van der Waals surface area contributed by atoms with Crippen molar-refractivity contribution in [2.45, 2.75) is 6.10 Å². The molecule has 1 aliphatic heterocycles. The molecule has 1 unspecified atom stereocenters. The molecule has 9 heteroatoms. The van der Waals surface area contributed by atoms with Crippen LogP contribution in [0.4, 0.5) is 10.1 Å². The lowest BCUT2D eigenvalue weighted by molar-refractivity contribution is 0.0642. The van der Waals surface area contributed by atoms with E-state index >= 15 is 0 Å². The van der Waals surface area contributed by atoms with Crippen LogP contribution in [0.2, 0.25) is 0 Å². The van der Waals surface area contributed by atoms with Crippen molar-refractivity contribution in [3.8, 4) is 17.2 Å². The summed E-state index contributed by atoms with van der Waals surface area (Å²) in [5, 5.41) is 10.4. The van der Waals surface area contributed by atoms with Crippen molar-refractivity contribution in [1.82, 2.24) is 4.90 Å². The minimum Gasteiger partial charge on any atom is -0.493 e. The average Bonchev–Trinajstić information content (AvgIpc) is 2.73. The van der Waals surface area contributed by atoms with Gasteiger partial charge in [-0.2, -0.15) is 0 Å². The Hall–Kier alpha value is -1.93. The third-order valence-corrected chi connectivity index (χ3v) is 4.84. The molecule has 0 bridgehead atoms. The lowest BCUT2D eigenvalue weighted by Gasteiger charge is -2.37. The number of aliphatic hydroxyl groups excluding tert-OH is 1. The lowest BCUT2D eigenvalue weighted by atomic mass is 10.2. The standard InChI is InChI=1S/C21H27FN2O4.2ClH/c1-26-19-8-5-9-20(27-2)21(19)28-15-16(25)14-23-10-12-24(13-11-23)18-7-4-3-6-17(18)22;;/h3-9,16,25H,10-15H2,1-2H3;2*1H. The molecule has 0 radical (unpaired) electrons. The van der Waals surface area contributed by atoms with E-state index in [-0.39, 0.29) is 37.2 Å². The van der Waals surface area contributed by atoms with Crippen LogP contribution in [0.25, 0.3) is 0 Å². The van der Waals surface area contributed by atoms with E-state index in [1.807, 2.05) is 17.0 Å². The van der Waals surface area contributed by atoms with Gasteiger partial charge in [-0.05, 0) is 24.3 Å². The maximum absolute atomic E-state index is 13.9. The van der Waals surface area contributed by atoms with Crippen molar-refractivity contribution >= 4 is 30.5 Å². The zero-order valence-electron chi connectivity index (χ0n) is 17.1. The van der Waals surface area contributed by atoms with Crippen LogP contribution in [0.1, 0.15) is 0 Å². The van der Waals surface area contributed by atoms with Gasteiger partial charge in [-0.1, -0.05) is 18.2 Å². The highest BCUT2D eigenvalue weighted by Crippen LogP contribution is 2.36. The van der Waals surface area contributed by atoms with Crippen molar-refractivity contribution in [1.29, 1.82) is 0 Å². The molecule has 1 N–H and O–H groups in total. The Morgan fingerprint density at radius 1 is 0.933 bits per heavy atom. The summed E-state index contributed by atoms with van der Waals surface area (Å²) in [6.45, 7) is 3.56. The number of nitrogens with zero attached hydrogens (tertiary/aromatic N) is 2. The minimum atomic E-state index is -0.658. The zero-order chi connectivity index (χ0) is 19.9. The molecule has 0 aliphatic carbocycles. The highest BCUT2D eigenvalue weighted by molar-refractivity contribution is 5.85. The Labute approximate surface area is 189 Å². The first-order valence-corrected chi connectivity index (χ1v) is 9.36. The van der Waals surface area contributed by atoms with Crippen LogP contribution in [-0.2, 0) is 0 Å². The fourth-order valence-corrected chi connectivity index (χ4v) is 3.37. The minimum absolute atomic E-state index is 0.